The molecule has 1 aromatic carbocycles. The molecule has 0 spiro atoms. The van der Waals surface area contributed by atoms with Gasteiger partial charge in [-0.05, 0) is 31.9 Å². The van der Waals surface area contributed by atoms with E-state index in [0.29, 0.717) is 11.1 Å². The van der Waals surface area contributed by atoms with Crippen molar-refractivity contribution in [2.75, 3.05) is 0 Å². The summed E-state index contributed by atoms with van der Waals surface area (Å²) < 4.78 is 2.08. The molecule has 0 radical (unpaired) electrons. The van der Waals surface area contributed by atoms with Crippen LogP contribution in [-0.2, 0) is 0 Å². The fraction of sp³-hybridized carbons (Fsp3) is 0.350. The van der Waals surface area contributed by atoms with Gasteiger partial charge in [-0.25, -0.2) is 4.79 Å². The summed E-state index contributed by atoms with van der Waals surface area (Å²) in [5.74, 6) is -0.603. The highest BCUT2D eigenvalue weighted by Gasteiger charge is 2.16. The van der Waals surface area contributed by atoms with Gasteiger partial charge in [-0.15, -0.1) is 0 Å². The number of aromatic nitrogens is 2. The summed E-state index contributed by atoms with van der Waals surface area (Å²) in [5.41, 5.74) is 0.590. The summed E-state index contributed by atoms with van der Waals surface area (Å²) in [6, 6.07) is 8.37. The smallest absolute Gasteiger partial charge is 0.275 e. The molecule has 0 N–H and O–H groups in total. The summed E-state index contributed by atoms with van der Waals surface area (Å²) >= 11 is 0. The Morgan fingerprint density at radius 2 is 1.64 bits per heavy atom. The van der Waals surface area contributed by atoms with Crippen molar-refractivity contribution in [2.24, 2.45) is 0 Å². The van der Waals surface area contributed by atoms with Crippen molar-refractivity contribution in [2.45, 2.75) is 46.5 Å². The Balaban J connectivity index is 2.61. The van der Waals surface area contributed by atoms with E-state index in [1.807, 2.05) is 0 Å². The van der Waals surface area contributed by atoms with E-state index in [9.17, 15) is 14.4 Å². The van der Waals surface area contributed by atoms with Gasteiger partial charge in [0, 0.05) is 23.5 Å². The predicted octanol–water partition coefficient (Wildman–Crippen LogP) is 3.45. The van der Waals surface area contributed by atoms with Gasteiger partial charge in [0.15, 0.2) is 0 Å². The molecule has 1 heterocycles. The molecule has 0 aliphatic carbocycles. The second kappa shape index (κ2) is 8.42. The van der Waals surface area contributed by atoms with E-state index in [0.717, 1.165) is 35.8 Å². The lowest BCUT2D eigenvalue weighted by molar-refractivity contribution is 0.0949. The number of hydrogen-bond acceptors (Lipinski definition) is 3. The second-order valence-corrected chi connectivity index (χ2v) is 6.10. The second-order valence-electron chi connectivity index (χ2n) is 6.10. The van der Waals surface area contributed by atoms with Gasteiger partial charge in [-0.2, -0.15) is 4.57 Å². The van der Waals surface area contributed by atoms with Crippen molar-refractivity contribution in [3.05, 3.63) is 74.1 Å². The predicted molar refractivity (Wildman–Crippen MR) is 100.0 cm³/mol. The van der Waals surface area contributed by atoms with Gasteiger partial charge in [-0.1, -0.05) is 50.5 Å². The molecule has 25 heavy (non-hydrogen) atoms. The monoisotopic (exact) mass is 340 g/mol. The quantitative estimate of drug-likeness (QED) is 0.809. The Labute approximate surface area is 147 Å². The highest BCUT2D eigenvalue weighted by atomic mass is 16.2. The van der Waals surface area contributed by atoms with E-state index < -0.39 is 17.2 Å². The molecule has 0 aliphatic heterocycles. The first kappa shape index (κ1) is 18.6. The lowest BCUT2D eigenvalue weighted by Crippen LogP contribution is -2.43. The van der Waals surface area contributed by atoms with E-state index in [4.69, 9.17) is 0 Å². The van der Waals surface area contributed by atoms with E-state index in [2.05, 4.69) is 13.8 Å². The summed E-state index contributed by atoms with van der Waals surface area (Å²) in [5, 5.41) is 0. The minimum absolute atomic E-state index is 0.310. The third-order valence-electron chi connectivity index (χ3n) is 3.97. The fourth-order valence-electron chi connectivity index (χ4n) is 2.77. The molecule has 0 amide bonds. The van der Waals surface area contributed by atoms with Crippen LogP contribution in [0.2, 0.25) is 0 Å². The topological polar surface area (TPSA) is 61.1 Å². The van der Waals surface area contributed by atoms with Gasteiger partial charge in [0.05, 0.1) is 0 Å². The lowest BCUT2D eigenvalue weighted by atomic mass is 10.1. The van der Waals surface area contributed by atoms with Crippen LogP contribution in [0.3, 0.4) is 0 Å². The molecule has 0 saturated heterocycles. The maximum absolute atomic E-state index is 12.8. The maximum atomic E-state index is 12.8. The Morgan fingerprint density at radius 3 is 2.20 bits per heavy atom. The number of benzene rings is 1. The van der Waals surface area contributed by atoms with Crippen molar-refractivity contribution in [1.82, 2.24) is 9.13 Å². The molecule has 0 unspecified atom stereocenters. The molecule has 5 nitrogen and oxygen atoms in total. The average molecular weight is 340 g/mol. The minimum Gasteiger partial charge on any atom is -0.275 e. The van der Waals surface area contributed by atoms with Gasteiger partial charge < -0.3 is 0 Å². The van der Waals surface area contributed by atoms with Crippen molar-refractivity contribution in [3.63, 3.8) is 0 Å². The Hall–Kier alpha value is -2.69. The molecule has 0 fully saturated rings. The SMILES string of the molecule is CCCC(=Cn1cc(C)c(=O)n(C(=O)c2ccccc2)c1=O)CCC. The highest BCUT2D eigenvalue weighted by molar-refractivity contribution is 5.95. The number of allylic oxidation sites excluding steroid dienone is 1. The number of hydrogen-bond donors (Lipinski definition) is 0. The van der Waals surface area contributed by atoms with Crippen molar-refractivity contribution in [3.8, 4) is 0 Å². The molecule has 5 heteroatoms. The van der Waals surface area contributed by atoms with Crippen LogP contribution in [0, 0.1) is 6.92 Å². The van der Waals surface area contributed by atoms with E-state index in [1.54, 1.807) is 43.5 Å². The van der Waals surface area contributed by atoms with Gasteiger partial charge in [0.25, 0.3) is 11.5 Å². The molecule has 0 atom stereocenters. The largest absolute Gasteiger partial charge is 0.342 e. The molecule has 132 valence electrons. The van der Waals surface area contributed by atoms with Crippen LogP contribution in [0.5, 0.6) is 0 Å². The van der Waals surface area contributed by atoms with Gasteiger partial charge in [0.2, 0.25) is 0 Å². The van der Waals surface area contributed by atoms with E-state index in [-0.39, 0.29) is 0 Å². The normalized spacial score (nSPS) is 10.5. The molecular formula is C20H24N2O3. The molecule has 2 rings (SSSR count). The van der Waals surface area contributed by atoms with Crippen LogP contribution in [0.25, 0.3) is 6.20 Å². The Kier molecular flexibility index (Phi) is 6.28. The number of carbonyl (C=O) groups is 1. The fourth-order valence-corrected chi connectivity index (χ4v) is 2.77. The first-order chi connectivity index (χ1) is 12.0. The molecular weight excluding hydrogens is 316 g/mol. The van der Waals surface area contributed by atoms with Crippen molar-refractivity contribution in [1.29, 1.82) is 0 Å². The number of rotatable bonds is 6. The van der Waals surface area contributed by atoms with E-state index >= 15 is 0 Å². The van der Waals surface area contributed by atoms with E-state index in [1.165, 1.54) is 10.8 Å². The molecule has 0 bridgehead atoms. The zero-order valence-electron chi connectivity index (χ0n) is 15.0. The third-order valence-corrected chi connectivity index (χ3v) is 3.97. The van der Waals surface area contributed by atoms with Crippen LogP contribution >= 0.6 is 0 Å². The van der Waals surface area contributed by atoms with Crippen LogP contribution < -0.4 is 11.2 Å². The summed E-state index contributed by atoms with van der Waals surface area (Å²) in [6.07, 6.45) is 6.97. The summed E-state index contributed by atoms with van der Waals surface area (Å²) in [4.78, 5) is 37.8. The zero-order valence-corrected chi connectivity index (χ0v) is 15.0. The number of nitrogens with zero attached hydrogens (tertiary/aromatic N) is 2. The minimum atomic E-state index is -0.630. The zero-order chi connectivity index (χ0) is 18.4. The molecule has 0 saturated carbocycles. The van der Waals surface area contributed by atoms with Crippen molar-refractivity contribution < 1.29 is 4.79 Å². The first-order valence-corrected chi connectivity index (χ1v) is 8.63. The number of carbonyl (C=O) groups excluding carboxylic acids is 1. The Bertz CT molecular complexity index is 881. The summed E-state index contributed by atoms with van der Waals surface area (Å²) in [7, 11) is 0. The van der Waals surface area contributed by atoms with Crippen LogP contribution in [0.1, 0.15) is 55.5 Å². The van der Waals surface area contributed by atoms with Crippen molar-refractivity contribution >= 4 is 12.1 Å². The molecule has 1 aromatic heterocycles. The highest BCUT2D eigenvalue weighted by Crippen LogP contribution is 2.12. The molecule has 0 aliphatic rings. The van der Waals surface area contributed by atoms with Crippen LogP contribution in [0.4, 0.5) is 0 Å². The van der Waals surface area contributed by atoms with Crippen LogP contribution in [0.15, 0.2) is 51.7 Å². The van der Waals surface area contributed by atoms with Gasteiger partial charge in [-0.3, -0.25) is 14.2 Å². The van der Waals surface area contributed by atoms with Crippen LogP contribution in [-0.4, -0.2) is 15.0 Å². The average Bonchev–Trinajstić information content (AvgIpc) is 2.61. The molecule has 2 aromatic rings. The third kappa shape index (κ3) is 4.24. The standard InChI is InChI=1S/C20H24N2O3/c1-4-9-16(10-5-2)14-21-13-15(3)18(23)22(20(21)25)19(24)17-11-7-6-8-12-17/h6-8,11-14H,4-5,9-10H2,1-3H3. The van der Waals surface area contributed by atoms with Gasteiger partial charge >= 0.3 is 5.69 Å². The summed E-state index contributed by atoms with van der Waals surface area (Å²) in [6.45, 7) is 5.77. The number of aryl methyl sites for hydroxylation is 1. The Morgan fingerprint density at radius 1 is 1.04 bits per heavy atom. The van der Waals surface area contributed by atoms with Gasteiger partial charge in [0.1, 0.15) is 0 Å². The maximum Gasteiger partial charge on any atom is 0.342 e. The lowest BCUT2D eigenvalue weighted by Gasteiger charge is -2.10. The first-order valence-electron chi connectivity index (χ1n) is 8.63.